The highest BCUT2D eigenvalue weighted by Gasteiger charge is 2.40. The predicted molar refractivity (Wildman–Crippen MR) is 46.5 cm³/mol. The van der Waals surface area contributed by atoms with Crippen LogP contribution in [-0.4, -0.2) is 23.8 Å². The van der Waals surface area contributed by atoms with Crippen molar-refractivity contribution in [1.29, 1.82) is 5.26 Å². The van der Waals surface area contributed by atoms with Crippen molar-refractivity contribution in [3.63, 3.8) is 0 Å². The summed E-state index contributed by atoms with van der Waals surface area (Å²) < 4.78 is 0. The molecular weight excluding hydrogens is 152 g/mol. The third-order valence-electron chi connectivity index (χ3n) is 2.37. The van der Waals surface area contributed by atoms with Crippen LogP contribution in [0.3, 0.4) is 0 Å². The summed E-state index contributed by atoms with van der Waals surface area (Å²) in [5.41, 5.74) is 0.0621. The summed E-state index contributed by atoms with van der Waals surface area (Å²) in [6.45, 7) is 1.19. The zero-order chi connectivity index (χ0) is 8.86. The summed E-state index contributed by atoms with van der Waals surface area (Å²) >= 11 is 0. The fraction of sp³-hybridized carbons (Fsp3) is 0.889. The fourth-order valence-electron chi connectivity index (χ4n) is 1.22. The van der Waals surface area contributed by atoms with Crippen LogP contribution in [0.25, 0.3) is 0 Å². The van der Waals surface area contributed by atoms with Crippen LogP contribution < -0.4 is 5.32 Å². The van der Waals surface area contributed by atoms with Crippen LogP contribution in [0, 0.1) is 11.3 Å². The molecule has 1 saturated carbocycles. The number of aliphatic hydroxyl groups is 1. The molecule has 0 aliphatic heterocycles. The number of unbranched alkanes of at least 4 members (excludes halogenated alkanes) is 2. The molecule has 0 spiro atoms. The summed E-state index contributed by atoms with van der Waals surface area (Å²) in [6.07, 6.45) is 4.84. The Hall–Kier alpha value is -0.590. The number of rotatable bonds is 6. The number of nitrogens with zero attached hydrogens (tertiary/aromatic N) is 1. The van der Waals surface area contributed by atoms with E-state index in [1.807, 2.05) is 0 Å². The van der Waals surface area contributed by atoms with Crippen molar-refractivity contribution < 1.29 is 5.11 Å². The topological polar surface area (TPSA) is 56.0 Å². The van der Waals surface area contributed by atoms with Crippen LogP contribution in [0.5, 0.6) is 0 Å². The second kappa shape index (κ2) is 4.44. The molecule has 0 amide bonds. The Morgan fingerprint density at radius 3 is 2.67 bits per heavy atom. The largest absolute Gasteiger partial charge is 0.394 e. The first kappa shape index (κ1) is 9.50. The highest BCUT2D eigenvalue weighted by molar-refractivity contribution is 5.01. The van der Waals surface area contributed by atoms with Gasteiger partial charge < -0.3 is 10.4 Å². The summed E-state index contributed by atoms with van der Waals surface area (Å²) in [5.74, 6) is 0. The zero-order valence-corrected chi connectivity index (χ0v) is 7.34. The van der Waals surface area contributed by atoms with Crippen LogP contribution in [-0.2, 0) is 0 Å². The van der Waals surface area contributed by atoms with Crippen LogP contribution in [0.1, 0.15) is 32.1 Å². The van der Waals surface area contributed by atoms with Gasteiger partial charge in [0.15, 0.2) is 0 Å². The molecule has 0 atom stereocenters. The molecule has 0 bridgehead atoms. The average molecular weight is 168 g/mol. The lowest BCUT2D eigenvalue weighted by molar-refractivity contribution is 0.230. The van der Waals surface area contributed by atoms with E-state index in [0.717, 1.165) is 32.2 Å². The van der Waals surface area contributed by atoms with Gasteiger partial charge in [-0.3, -0.25) is 0 Å². The zero-order valence-electron chi connectivity index (χ0n) is 7.34. The number of hydrogen-bond acceptors (Lipinski definition) is 3. The van der Waals surface area contributed by atoms with Crippen molar-refractivity contribution in [2.24, 2.45) is 0 Å². The molecule has 2 N–H and O–H groups in total. The van der Waals surface area contributed by atoms with Gasteiger partial charge in [0.05, 0.1) is 12.7 Å². The van der Waals surface area contributed by atoms with Crippen LogP contribution >= 0.6 is 0 Å². The summed E-state index contributed by atoms with van der Waals surface area (Å²) in [7, 11) is 0. The van der Waals surface area contributed by atoms with E-state index in [0.29, 0.717) is 6.42 Å². The maximum atomic E-state index is 8.94. The second-order valence-electron chi connectivity index (χ2n) is 3.48. The Morgan fingerprint density at radius 1 is 1.42 bits per heavy atom. The molecule has 0 aromatic rings. The molecule has 0 aromatic carbocycles. The maximum absolute atomic E-state index is 8.94. The molecule has 0 heterocycles. The van der Waals surface area contributed by atoms with E-state index in [4.69, 9.17) is 10.4 Å². The van der Waals surface area contributed by atoms with E-state index < -0.39 is 0 Å². The van der Waals surface area contributed by atoms with Gasteiger partial charge in [0.1, 0.15) is 0 Å². The first-order valence-corrected chi connectivity index (χ1v) is 4.56. The number of nitrogens with one attached hydrogen (secondary N) is 1. The lowest BCUT2D eigenvalue weighted by Gasteiger charge is -2.13. The van der Waals surface area contributed by atoms with E-state index >= 15 is 0 Å². The Labute approximate surface area is 73.4 Å². The molecule has 1 aliphatic rings. The van der Waals surface area contributed by atoms with E-state index in [-0.39, 0.29) is 12.1 Å². The summed E-state index contributed by atoms with van der Waals surface area (Å²) in [5, 5.41) is 20.5. The van der Waals surface area contributed by atoms with Gasteiger partial charge in [-0.15, -0.1) is 0 Å². The third kappa shape index (κ3) is 2.80. The molecule has 0 unspecified atom stereocenters. The van der Waals surface area contributed by atoms with Gasteiger partial charge in [-0.25, -0.2) is 0 Å². The predicted octanol–water partition coefficient (Wildman–Crippen LogP) is 0.795. The number of hydrogen-bond donors (Lipinski definition) is 2. The summed E-state index contributed by atoms with van der Waals surface area (Å²) in [6, 6.07) is 2.12. The van der Waals surface area contributed by atoms with E-state index in [1.54, 1.807) is 0 Å². The van der Waals surface area contributed by atoms with Gasteiger partial charge in [0, 0.05) is 12.0 Å². The minimum atomic E-state index is 0.0621. The molecule has 1 aliphatic carbocycles. The maximum Gasteiger partial charge on any atom is 0.0621 e. The van der Waals surface area contributed by atoms with Gasteiger partial charge in [-0.2, -0.15) is 5.26 Å². The van der Waals surface area contributed by atoms with Gasteiger partial charge in [0.2, 0.25) is 0 Å². The SMILES string of the molecule is N#CCCCCNC1(CO)CC1. The molecule has 0 saturated heterocycles. The second-order valence-corrected chi connectivity index (χ2v) is 3.48. The Bertz CT molecular complexity index is 170. The lowest BCUT2D eigenvalue weighted by atomic mass is 10.2. The van der Waals surface area contributed by atoms with Crippen LogP contribution in [0.2, 0.25) is 0 Å². The first-order chi connectivity index (χ1) is 5.83. The van der Waals surface area contributed by atoms with E-state index in [2.05, 4.69) is 11.4 Å². The van der Waals surface area contributed by atoms with Crippen molar-refractivity contribution in [1.82, 2.24) is 5.32 Å². The normalized spacial score (nSPS) is 18.7. The molecule has 68 valence electrons. The summed E-state index contributed by atoms with van der Waals surface area (Å²) in [4.78, 5) is 0. The molecule has 0 radical (unpaired) electrons. The quantitative estimate of drug-likeness (QED) is 0.577. The van der Waals surface area contributed by atoms with Gasteiger partial charge in [0.25, 0.3) is 0 Å². The number of nitriles is 1. The van der Waals surface area contributed by atoms with E-state index in [1.165, 1.54) is 0 Å². The monoisotopic (exact) mass is 168 g/mol. The standard InChI is InChI=1S/C9H16N2O/c10-6-2-1-3-7-11-9(8-12)4-5-9/h11-12H,1-5,7-8H2. The molecule has 12 heavy (non-hydrogen) atoms. The third-order valence-corrected chi connectivity index (χ3v) is 2.37. The van der Waals surface area contributed by atoms with Crippen LogP contribution in [0.4, 0.5) is 0 Å². The first-order valence-electron chi connectivity index (χ1n) is 4.56. The van der Waals surface area contributed by atoms with Crippen molar-refractivity contribution >= 4 is 0 Å². The fourth-order valence-corrected chi connectivity index (χ4v) is 1.22. The Kier molecular flexibility index (Phi) is 3.51. The molecule has 0 aromatic heterocycles. The smallest absolute Gasteiger partial charge is 0.0621 e. The van der Waals surface area contributed by atoms with Gasteiger partial charge in [-0.1, -0.05) is 0 Å². The van der Waals surface area contributed by atoms with Gasteiger partial charge >= 0.3 is 0 Å². The van der Waals surface area contributed by atoms with Crippen molar-refractivity contribution in [2.75, 3.05) is 13.2 Å². The highest BCUT2D eigenvalue weighted by Crippen LogP contribution is 2.34. The van der Waals surface area contributed by atoms with Crippen molar-refractivity contribution in [3.05, 3.63) is 0 Å². The Morgan fingerprint density at radius 2 is 2.17 bits per heavy atom. The molecule has 1 fully saturated rings. The molecular formula is C9H16N2O. The number of aliphatic hydroxyl groups excluding tert-OH is 1. The molecule has 3 heteroatoms. The van der Waals surface area contributed by atoms with Gasteiger partial charge in [-0.05, 0) is 32.2 Å². The van der Waals surface area contributed by atoms with Crippen molar-refractivity contribution in [2.45, 2.75) is 37.6 Å². The Balaban J connectivity index is 1.93. The lowest BCUT2D eigenvalue weighted by Crippen LogP contribution is -2.35. The van der Waals surface area contributed by atoms with Crippen molar-refractivity contribution in [3.8, 4) is 6.07 Å². The molecule has 3 nitrogen and oxygen atoms in total. The van der Waals surface area contributed by atoms with E-state index in [9.17, 15) is 0 Å². The minimum absolute atomic E-state index is 0.0621. The highest BCUT2D eigenvalue weighted by atomic mass is 16.3. The van der Waals surface area contributed by atoms with Crippen LogP contribution in [0.15, 0.2) is 0 Å². The molecule has 1 rings (SSSR count). The average Bonchev–Trinajstić information content (AvgIpc) is 2.85. The minimum Gasteiger partial charge on any atom is -0.394 e.